The summed E-state index contributed by atoms with van der Waals surface area (Å²) in [5, 5.41) is 9.22. The van der Waals surface area contributed by atoms with Gasteiger partial charge in [-0.1, -0.05) is 39.0 Å². The molecule has 1 amide bonds. The topological polar surface area (TPSA) is 66.8 Å². The molecule has 2 aromatic rings. The molecule has 5 nitrogen and oxygen atoms in total. The largest absolute Gasteiger partial charge is 0.496 e. The smallest absolute Gasteiger partial charge is 0.339 e. The predicted molar refractivity (Wildman–Crippen MR) is 105 cm³/mol. The van der Waals surface area contributed by atoms with Gasteiger partial charge in [-0.25, -0.2) is 4.79 Å². The molecule has 0 saturated carbocycles. The molecule has 0 spiro atoms. The molecule has 142 valence electrons. The van der Waals surface area contributed by atoms with Crippen molar-refractivity contribution < 1.29 is 19.4 Å². The van der Waals surface area contributed by atoms with Gasteiger partial charge in [-0.15, -0.1) is 0 Å². The molecule has 1 atom stereocenters. The van der Waals surface area contributed by atoms with Crippen molar-refractivity contribution >= 4 is 17.6 Å². The average molecular weight is 367 g/mol. The Bertz CT molecular complexity index is 865. The molecule has 1 heterocycles. The first-order valence-electron chi connectivity index (χ1n) is 9.03. The third-order valence-electron chi connectivity index (χ3n) is 5.10. The third kappa shape index (κ3) is 3.82. The van der Waals surface area contributed by atoms with Crippen molar-refractivity contribution in [1.29, 1.82) is 0 Å². The molecule has 3 rings (SSSR count). The Balaban J connectivity index is 1.82. The van der Waals surface area contributed by atoms with Crippen LogP contribution in [0.2, 0.25) is 0 Å². The number of ether oxygens (including phenoxy) is 1. The van der Waals surface area contributed by atoms with Gasteiger partial charge in [-0.05, 0) is 40.8 Å². The van der Waals surface area contributed by atoms with Gasteiger partial charge in [0.15, 0.2) is 0 Å². The number of methoxy groups -OCH3 is 1. The van der Waals surface area contributed by atoms with Gasteiger partial charge in [0, 0.05) is 24.6 Å². The number of benzene rings is 2. The summed E-state index contributed by atoms with van der Waals surface area (Å²) in [5.41, 5.74) is 3.23. The molecule has 1 fully saturated rings. The number of amides is 1. The molecule has 1 N–H and O–H groups in total. The van der Waals surface area contributed by atoms with Crippen LogP contribution in [0.4, 0.5) is 5.69 Å². The summed E-state index contributed by atoms with van der Waals surface area (Å²) >= 11 is 0. The number of carboxylic acids is 1. The number of hydrogen-bond acceptors (Lipinski definition) is 3. The first-order valence-corrected chi connectivity index (χ1v) is 9.03. The van der Waals surface area contributed by atoms with Crippen LogP contribution in [0.3, 0.4) is 0 Å². The standard InChI is InChI=1S/C22H25NO4/c1-22(2,3)16-6-8-17(9-7-16)23-13-15(12-20(23)24)14-5-10-18(21(25)26)19(11-14)27-4/h5-11,15H,12-13H2,1-4H3,(H,25,26). The van der Waals surface area contributed by atoms with Crippen LogP contribution in [0.5, 0.6) is 5.75 Å². The van der Waals surface area contributed by atoms with E-state index in [2.05, 4.69) is 32.9 Å². The lowest BCUT2D eigenvalue weighted by Gasteiger charge is -2.22. The first-order chi connectivity index (χ1) is 12.7. The Hall–Kier alpha value is -2.82. The van der Waals surface area contributed by atoms with Crippen LogP contribution in [0.15, 0.2) is 42.5 Å². The zero-order valence-electron chi connectivity index (χ0n) is 16.2. The molecular weight excluding hydrogens is 342 g/mol. The Morgan fingerprint density at radius 2 is 1.81 bits per heavy atom. The molecule has 0 aromatic heterocycles. The Morgan fingerprint density at radius 3 is 2.37 bits per heavy atom. The van der Waals surface area contributed by atoms with Crippen LogP contribution in [0, 0.1) is 0 Å². The van der Waals surface area contributed by atoms with E-state index in [9.17, 15) is 14.7 Å². The Morgan fingerprint density at radius 1 is 1.15 bits per heavy atom. The van der Waals surface area contributed by atoms with E-state index in [0.717, 1.165) is 11.3 Å². The Kier molecular flexibility index (Phi) is 4.96. The number of carbonyl (C=O) groups is 2. The molecule has 0 bridgehead atoms. The maximum Gasteiger partial charge on any atom is 0.339 e. The molecule has 1 saturated heterocycles. The van der Waals surface area contributed by atoms with E-state index < -0.39 is 5.97 Å². The summed E-state index contributed by atoms with van der Waals surface area (Å²) in [6.45, 7) is 7.05. The Labute approximate surface area is 159 Å². The van der Waals surface area contributed by atoms with Gasteiger partial charge >= 0.3 is 5.97 Å². The maximum absolute atomic E-state index is 12.6. The number of rotatable bonds is 4. The summed E-state index contributed by atoms with van der Waals surface area (Å²) in [4.78, 5) is 25.6. The number of hydrogen-bond donors (Lipinski definition) is 1. The van der Waals surface area contributed by atoms with E-state index in [1.807, 2.05) is 12.1 Å². The van der Waals surface area contributed by atoms with Crippen molar-refractivity contribution in [2.75, 3.05) is 18.6 Å². The van der Waals surface area contributed by atoms with Gasteiger partial charge in [0.2, 0.25) is 5.91 Å². The molecule has 2 aromatic carbocycles. The summed E-state index contributed by atoms with van der Waals surface area (Å²) in [6, 6.07) is 13.2. The summed E-state index contributed by atoms with van der Waals surface area (Å²) in [5.74, 6) is -0.622. The summed E-state index contributed by atoms with van der Waals surface area (Å²) in [6.07, 6.45) is 0.399. The van der Waals surface area contributed by atoms with Gasteiger partial charge in [0.1, 0.15) is 11.3 Å². The fourth-order valence-electron chi connectivity index (χ4n) is 3.46. The van der Waals surface area contributed by atoms with Crippen molar-refractivity contribution in [2.45, 2.75) is 38.5 Å². The molecule has 1 unspecified atom stereocenters. The predicted octanol–water partition coefficient (Wildman–Crippen LogP) is 4.21. The lowest BCUT2D eigenvalue weighted by atomic mass is 9.87. The minimum Gasteiger partial charge on any atom is -0.496 e. The number of carboxylic acid groups (broad SMARTS) is 1. The number of carbonyl (C=O) groups excluding carboxylic acids is 1. The van der Waals surface area contributed by atoms with Crippen LogP contribution in [-0.4, -0.2) is 30.6 Å². The first kappa shape index (κ1) is 19.0. The SMILES string of the molecule is COc1cc(C2CC(=O)N(c3ccc(C(C)(C)C)cc3)C2)ccc1C(=O)O. The van der Waals surface area contributed by atoms with Crippen LogP contribution in [0.25, 0.3) is 0 Å². The molecular formula is C22H25NO4. The fourth-order valence-corrected chi connectivity index (χ4v) is 3.46. The molecule has 0 aliphatic carbocycles. The monoisotopic (exact) mass is 367 g/mol. The van der Waals surface area contributed by atoms with Crippen molar-refractivity contribution in [3.05, 3.63) is 59.2 Å². The van der Waals surface area contributed by atoms with Crippen molar-refractivity contribution in [2.24, 2.45) is 0 Å². The lowest BCUT2D eigenvalue weighted by molar-refractivity contribution is -0.117. The highest BCUT2D eigenvalue weighted by molar-refractivity contribution is 5.96. The van der Waals surface area contributed by atoms with Crippen molar-refractivity contribution in [3.63, 3.8) is 0 Å². The molecule has 0 radical (unpaired) electrons. The quantitative estimate of drug-likeness (QED) is 0.879. The van der Waals surface area contributed by atoms with E-state index in [4.69, 9.17) is 4.74 Å². The zero-order valence-corrected chi connectivity index (χ0v) is 16.2. The third-order valence-corrected chi connectivity index (χ3v) is 5.10. The fraction of sp³-hybridized carbons (Fsp3) is 0.364. The van der Waals surface area contributed by atoms with E-state index in [1.54, 1.807) is 23.1 Å². The highest BCUT2D eigenvalue weighted by Gasteiger charge is 2.32. The lowest BCUT2D eigenvalue weighted by Crippen LogP contribution is -2.24. The van der Waals surface area contributed by atoms with E-state index in [1.165, 1.54) is 12.7 Å². The van der Waals surface area contributed by atoms with Crippen molar-refractivity contribution in [1.82, 2.24) is 0 Å². The second-order valence-corrected chi connectivity index (χ2v) is 7.97. The van der Waals surface area contributed by atoms with Gasteiger partial charge in [-0.2, -0.15) is 0 Å². The van der Waals surface area contributed by atoms with Gasteiger partial charge in [0.05, 0.1) is 7.11 Å². The number of anilines is 1. The van der Waals surface area contributed by atoms with Gasteiger partial charge < -0.3 is 14.7 Å². The van der Waals surface area contributed by atoms with E-state index in [-0.39, 0.29) is 22.8 Å². The van der Waals surface area contributed by atoms with Crippen LogP contribution in [-0.2, 0) is 10.2 Å². The normalized spacial score (nSPS) is 17.3. The van der Waals surface area contributed by atoms with Gasteiger partial charge in [-0.3, -0.25) is 4.79 Å². The van der Waals surface area contributed by atoms with E-state index in [0.29, 0.717) is 18.7 Å². The van der Waals surface area contributed by atoms with Crippen LogP contribution < -0.4 is 9.64 Å². The summed E-state index contributed by atoms with van der Waals surface area (Å²) < 4.78 is 5.21. The van der Waals surface area contributed by atoms with Crippen LogP contribution in [0.1, 0.15) is 54.6 Å². The molecule has 1 aliphatic heterocycles. The highest BCUT2D eigenvalue weighted by Crippen LogP contribution is 2.35. The second-order valence-electron chi connectivity index (χ2n) is 7.97. The van der Waals surface area contributed by atoms with Gasteiger partial charge in [0.25, 0.3) is 0 Å². The minimum atomic E-state index is -1.03. The van der Waals surface area contributed by atoms with Crippen molar-refractivity contribution in [3.8, 4) is 5.75 Å². The second kappa shape index (κ2) is 7.06. The minimum absolute atomic E-state index is 0.0107. The summed E-state index contributed by atoms with van der Waals surface area (Å²) in [7, 11) is 1.45. The zero-order chi connectivity index (χ0) is 19.8. The average Bonchev–Trinajstić information content (AvgIpc) is 3.02. The molecule has 27 heavy (non-hydrogen) atoms. The van der Waals surface area contributed by atoms with Crippen LogP contribution >= 0.6 is 0 Å². The number of nitrogens with zero attached hydrogens (tertiary/aromatic N) is 1. The molecule has 1 aliphatic rings. The highest BCUT2D eigenvalue weighted by atomic mass is 16.5. The number of aromatic carboxylic acids is 1. The maximum atomic E-state index is 12.6. The van der Waals surface area contributed by atoms with E-state index >= 15 is 0 Å². The molecule has 5 heteroatoms.